The third-order valence-corrected chi connectivity index (χ3v) is 4.46. The van der Waals surface area contributed by atoms with Gasteiger partial charge in [-0.05, 0) is 35.4 Å². The molecule has 0 spiro atoms. The lowest BCUT2D eigenvalue weighted by Crippen LogP contribution is -2.27. The summed E-state index contributed by atoms with van der Waals surface area (Å²) in [4.78, 5) is 13.1. The molecule has 0 fully saturated rings. The molecule has 2 nitrogen and oxygen atoms in total. The zero-order chi connectivity index (χ0) is 12.5. The molecule has 3 rings (SSSR count). The Morgan fingerprint density at radius 1 is 1.22 bits per heavy atom. The van der Waals surface area contributed by atoms with Gasteiger partial charge >= 0.3 is 0 Å². The number of hydrogen-bond donors (Lipinski definition) is 1. The normalized spacial score (nSPS) is 22.5. The molecule has 0 saturated heterocycles. The summed E-state index contributed by atoms with van der Waals surface area (Å²) in [7, 11) is 0. The van der Waals surface area contributed by atoms with Crippen molar-refractivity contribution in [3.8, 4) is 0 Å². The molecule has 92 valence electrons. The van der Waals surface area contributed by atoms with Gasteiger partial charge in [0.1, 0.15) is 0 Å². The highest BCUT2D eigenvalue weighted by molar-refractivity contribution is 7.12. The Balaban J connectivity index is 1.91. The predicted octanol–water partition coefficient (Wildman–Crippen LogP) is 3.23. The van der Waals surface area contributed by atoms with E-state index in [4.69, 9.17) is 0 Å². The predicted molar refractivity (Wildman–Crippen MR) is 71.9 cm³/mol. The van der Waals surface area contributed by atoms with Gasteiger partial charge in [0.15, 0.2) is 5.78 Å². The Kier molecular flexibility index (Phi) is 3.02. The average Bonchev–Trinajstić information content (AvgIpc) is 2.93. The summed E-state index contributed by atoms with van der Waals surface area (Å²) in [5.74, 6) is -0.217. The highest BCUT2D eigenvalue weighted by atomic mass is 32.1. The van der Waals surface area contributed by atoms with Crippen LogP contribution in [0.15, 0.2) is 41.8 Å². The third-order valence-electron chi connectivity index (χ3n) is 3.58. The van der Waals surface area contributed by atoms with Gasteiger partial charge in [-0.25, -0.2) is 0 Å². The monoisotopic (exact) mass is 258 g/mol. The summed E-state index contributed by atoms with van der Waals surface area (Å²) in [6, 6.07) is 11.6. The lowest BCUT2D eigenvalue weighted by atomic mass is 9.79. The largest absolute Gasteiger partial charge is 0.388 e. The minimum absolute atomic E-state index is 0.0759. The van der Waals surface area contributed by atoms with Crippen LogP contribution in [0.5, 0.6) is 0 Å². The minimum Gasteiger partial charge on any atom is -0.388 e. The standard InChI is InChI=1S/C15H14O2S/c16-14-11-5-2-1-4-10(11)7-8-12(14)15(17)13-6-3-9-18-13/h1-6,9,12,14,16H,7-8H2/t12-,14+/m0/s1. The van der Waals surface area contributed by atoms with E-state index in [1.165, 1.54) is 16.9 Å². The maximum atomic E-state index is 12.3. The molecule has 0 radical (unpaired) electrons. The van der Waals surface area contributed by atoms with Crippen molar-refractivity contribution in [2.24, 2.45) is 5.92 Å². The summed E-state index contributed by atoms with van der Waals surface area (Å²) in [6.07, 6.45) is 0.939. The Labute approximate surface area is 110 Å². The smallest absolute Gasteiger partial charge is 0.178 e. The van der Waals surface area contributed by atoms with Crippen LogP contribution in [0.4, 0.5) is 0 Å². The van der Waals surface area contributed by atoms with E-state index >= 15 is 0 Å². The fraction of sp³-hybridized carbons (Fsp3) is 0.267. The van der Waals surface area contributed by atoms with Crippen LogP contribution < -0.4 is 0 Å². The number of aliphatic hydroxyl groups is 1. The summed E-state index contributed by atoms with van der Waals surface area (Å²) >= 11 is 1.45. The van der Waals surface area contributed by atoms with Crippen LogP contribution >= 0.6 is 11.3 Å². The molecule has 1 aromatic carbocycles. The number of ketones is 1. The second-order valence-corrected chi connectivity index (χ2v) is 5.58. The molecule has 1 aromatic heterocycles. The molecule has 2 atom stereocenters. The number of carbonyl (C=O) groups is 1. The van der Waals surface area contributed by atoms with Crippen molar-refractivity contribution in [3.63, 3.8) is 0 Å². The molecular weight excluding hydrogens is 244 g/mol. The fourth-order valence-electron chi connectivity index (χ4n) is 2.61. The Hall–Kier alpha value is -1.45. The lowest BCUT2D eigenvalue weighted by Gasteiger charge is -2.28. The van der Waals surface area contributed by atoms with Gasteiger partial charge in [0.2, 0.25) is 0 Å². The Morgan fingerprint density at radius 2 is 2.06 bits per heavy atom. The van der Waals surface area contributed by atoms with E-state index in [2.05, 4.69) is 0 Å². The van der Waals surface area contributed by atoms with Crippen LogP contribution in [0.1, 0.15) is 33.3 Å². The van der Waals surface area contributed by atoms with Crippen LogP contribution in [0.2, 0.25) is 0 Å². The van der Waals surface area contributed by atoms with Crippen molar-refractivity contribution in [2.75, 3.05) is 0 Å². The first kappa shape index (κ1) is 11.6. The molecule has 2 aromatic rings. The number of hydrogen-bond acceptors (Lipinski definition) is 3. The molecular formula is C15H14O2S. The number of aryl methyl sites for hydroxylation is 1. The van der Waals surface area contributed by atoms with Crippen molar-refractivity contribution < 1.29 is 9.90 Å². The fourth-order valence-corrected chi connectivity index (χ4v) is 3.34. The number of Topliss-reactive ketones (excluding diaryl/α,β-unsaturated/α-hetero) is 1. The second-order valence-electron chi connectivity index (χ2n) is 4.63. The van der Waals surface area contributed by atoms with Crippen molar-refractivity contribution >= 4 is 17.1 Å². The van der Waals surface area contributed by atoms with Crippen LogP contribution in [0.3, 0.4) is 0 Å². The number of carbonyl (C=O) groups excluding carboxylic acids is 1. The van der Waals surface area contributed by atoms with Gasteiger partial charge in [0.05, 0.1) is 16.9 Å². The highest BCUT2D eigenvalue weighted by Crippen LogP contribution is 2.36. The van der Waals surface area contributed by atoms with Crippen LogP contribution in [-0.2, 0) is 6.42 Å². The summed E-state index contributed by atoms with van der Waals surface area (Å²) in [6.45, 7) is 0. The van der Waals surface area contributed by atoms with Crippen molar-refractivity contribution in [2.45, 2.75) is 18.9 Å². The Morgan fingerprint density at radius 3 is 2.83 bits per heavy atom. The first-order valence-electron chi connectivity index (χ1n) is 6.11. The zero-order valence-corrected chi connectivity index (χ0v) is 10.7. The quantitative estimate of drug-likeness (QED) is 0.840. The molecule has 1 aliphatic carbocycles. The van der Waals surface area contributed by atoms with Crippen LogP contribution in [0.25, 0.3) is 0 Å². The van der Waals surface area contributed by atoms with E-state index in [-0.39, 0.29) is 11.7 Å². The summed E-state index contributed by atoms with van der Waals surface area (Å²) in [5.41, 5.74) is 2.08. The molecule has 1 N–H and O–H groups in total. The number of fused-ring (bicyclic) bond motifs is 1. The first-order valence-corrected chi connectivity index (χ1v) is 6.99. The van der Waals surface area contributed by atoms with Gasteiger partial charge in [0, 0.05) is 0 Å². The van der Waals surface area contributed by atoms with E-state index in [0.717, 1.165) is 23.3 Å². The van der Waals surface area contributed by atoms with Gasteiger partial charge < -0.3 is 5.11 Å². The number of thiophene rings is 1. The van der Waals surface area contributed by atoms with Gasteiger partial charge in [-0.2, -0.15) is 0 Å². The van der Waals surface area contributed by atoms with E-state index in [1.54, 1.807) is 0 Å². The van der Waals surface area contributed by atoms with Crippen molar-refractivity contribution in [3.05, 3.63) is 57.8 Å². The minimum atomic E-state index is -0.662. The molecule has 0 unspecified atom stereocenters. The summed E-state index contributed by atoms with van der Waals surface area (Å²) < 4.78 is 0. The van der Waals surface area contributed by atoms with Crippen LogP contribution in [0, 0.1) is 5.92 Å². The third kappa shape index (κ3) is 1.89. The molecule has 18 heavy (non-hydrogen) atoms. The lowest BCUT2D eigenvalue weighted by molar-refractivity contribution is 0.0627. The average molecular weight is 258 g/mol. The van der Waals surface area contributed by atoms with Crippen molar-refractivity contribution in [1.82, 2.24) is 0 Å². The van der Waals surface area contributed by atoms with Gasteiger partial charge in [-0.3, -0.25) is 4.79 Å². The molecule has 0 bridgehead atoms. The topological polar surface area (TPSA) is 37.3 Å². The number of rotatable bonds is 2. The molecule has 0 amide bonds. The van der Waals surface area contributed by atoms with Gasteiger partial charge in [-0.15, -0.1) is 11.3 Å². The van der Waals surface area contributed by atoms with Gasteiger partial charge in [-0.1, -0.05) is 30.3 Å². The van der Waals surface area contributed by atoms with Crippen LogP contribution in [-0.4, -0.2) is 10.9 Å². The molecule has 1 aliphatic rings. The molecule has 0 aliphatic heterocycles. The SMILES string of the molecule is O=C(c1cccs1)[C@H]1CCc2ccccc2[C@H]1O. The zero-order valence-electron chi connectivity index (χ0n) is 9.87. The Bertz CT molecular complexity index is 560. The van der Waals surface area contributed by atoms with E-state index in [9.17, 15) is 9.90 Å². The summed E-state index contributed by atoms with van der Waals surface area (Å²) in [5, 5.41) is 12.3. The first-order chi connectivity index (χ1) is 8.77. The molecule has 3 heteroatoms. The van der Waals surface area contributed by atoms with Gasteiger partial charge in [0.25, 0.3) is 0 Å². The number of aliphatic hydroxyl groups excluding tert-OH is 1. The maximum absolute atomic E-state index is 12.3. The van der Waals surface area contributed by atoms with E-state index in [1.807, 2.05) is 41.8 Å². The van der Waals surface area contributed by atoms with E-state index < -0.39 is 6.10 Å². The molecule has 0 saturated carbocycles. The maximum Gasteiger partial charge on any atom is 0.178 e. The number of benzene rings is 1. The molecule has 1 heterocycles. The highest BCUT2D eigenvalue weighted by Gasteiger charge is 2.33. The van der Waals surface area contributed by atoms with E-state index in [0.29, 0.717) is 0 Å². The second kappa shape index (κ2) is 4.67. The van der Waals surface area contributed by atoms with Crippen molar-refractivity contribution in [1.29, 1.82) is 0 Å².